The zero-order valence-corrected chi connectivity index (χ0v) is 9.99. The standard InChI is InChI=1S/C12H16O4/c1-8(13)5-9-6-10(14-2)7-11(15-3)12(9)16-4/h6-7H,5H2,1-4H3. The van der Waals surface area contributed by atoms with Gasteiger partial charge in [0.15, 0.2) is 11.5 Å². The van der Waals surface area contributed by atoms with Crippen LogP contribution in [0.5, 0.6) is 17.2 Å². The molecule has 0 saturated carbocycles. The average Bonchev–Trinajstić information content (AvgIpc) is 2.27. The first-order valence-electron chi connectivity index (χ1n) is 4.90. The van der Waals surface area contributed by atoms with Gasteiger partial charge in [0.05, 0.1) is 21.3 Å². The molecule has 0 bridgehead atoms. The topological polar surface area (TPSA) is 44.8 Å². The highest BCUT2D eigenvalue weighted by Gasteiger charge is 2.14. The van der Waals surface area contributed by atoms with Gasteiger partial charge in [0, 0.05) is 18.1 Å². The fraction of sp³-hybridized carbons (Fsp3) is 0.417. The maximum absolute atomic E-state index is 11.1. The summed E-state index contributed by atoms with van der Waals surface area (Å²) in [4.78, 5) is 11.1. The Labute approximate surface area is 95.1 Å². The number of hydrogen-bond donors (Lipinski definition) is 0. The molecule has 0 heterocycles. The summed E-state index contributed by atoms with van der Waals surface area (Å²) in [6.45, 7) is 1.53. The Morgan fingerprint density at radius 2 is 1.81 bits per heavy atom. The third-order valence-corrected chi connectivity index (χ3v) is 2.20. The lowest BCUT2D eigenvalue weighted by Crippen LogP contribution is -2.02. The molecule has 0 spiro atoms. The SMILES string of the molecule is COc1cc(CC(C)=O)c(OC)c(OC)c1. The fourth-order valence-corrected chi connectivity index (χ4v) is 1.53. The van der Waals surface area contributed by atoms with Gasteiger partial charge in [0.1, 0.15) is 11.5 Å². The van der Waals surface area contributed by atoms with Crippen molar-refractivity contribution in [2.45, 2.75) is 13.3 Å². The van der Waals surface area contributed by atoms with E-state index >= 15 is 0 Å². The van der Waals surface area contributed by atoms with Gasteiger partial charge < -0.3 is 14.2 Å². The smallest absolute Gasteiger partial charge is 0.164 e. The second-order valence-corrected chi connectivity index (χ2v) is 3.40. The van der Waals surface area contributed by atoms with Crippen LogP contribution < -0.4 is 14.2 Å². The van der Waals surface area contributed by atoms with E-state index in [2.05, 4.69) is 0 Å². The number of rotatable bonds is 5. The van der Waals surface area contributed by atoms with Crippen LogP contribution in [0, 0.1) is 0 Å². The van der Waals surface area contributed by atoms with E-state index in [0.717, 1.165) is 5.56 Å². The van der Waals surface area contributed by atoms with Gasteiger partial charge in [-0.05, 0) is 13.0 Å². The lowest BCUT2D eigenvalue weighted by Gasteiger charge is -2.13. The van der Waals surface area contributed by atoms with E-state index in [4.69, 9.17) is 14.2 Å². The molecule has 0 aliphatic heterocycles. The molecule has 0 radical (unpaired) electrons. The number of ketones is 1. The maximum Gasteiger partial charge on any atom is 0.164 e. The fourth-order valence-electron chi connectivity index (χ4n) is 1.53. The van der Waals surface area contributed by atoms with Crippen LogP contribution in [0.2, 0.25) is 0 Å². The summed E-state index contributed by atoms with van der Waals surface area (Å²) in [5.41, 5.74) is 0.770. The zero-order valence-electron chi connectivity index (χ0n) is 9.99. The van der Waals surface area contributed by atoms with E-state index in [9.17, 15) is 4.79 Å². The monoisotopic (exact) mass is 224 g/mol. The number of Topliss-reactive ketones (excluding diaryl/α,β-unsaturated/α-hetero) is 1. The van der Waals surface area contributed by atoms with E-state index in [1.807, 2.05) is 0 Å². The van der Waals surface area contributed by atoms with Gasteiger partial charge in [0.2, 0.25) is 0 Å². The van der Waals surface area contributed by atoms with E-state index in [0.29, 0.717) is 23.7 Å². The normalized spacial score (nSPS) is 9.75. The number of methoxy groups -OCH3 is 3. The van der Waals surface area contributed by atoms with E-state index < -0.39 is 0 Å². The van der Waals surface area contributed by atoms with Crippen molar-refractivity contribution in [2.24, 2.45) is 0 Å². The van der Waals surface area contributed by atoms with Crippen LogP contribution in [0.15, 0.2) is 12.1 Å². The Kier molecular flexibility index (Phi) is 4.17. The van der Waals surface area contributed by atoms with Gasteiger partial charge in [-0.2, -0.15) is 0 Å². The predicted molar refractivity (Wildman–Crippen MR) is 60.5 cm³/mol. The van der Waals surface area contributed by atoms with Gasteiger partial charge in [-0.25, -0.2) is 0 Å². The van der Waals surface area contributed by atoms with Crippen molar-refractivity contribution in [3.8, 4) is 17.2 Å². The molecule has 0 unspecified atom stereocenters. The van der Waals surface area contributed by atoms with E-state index in [-0.39, 0.29) is 5.78 Å². The Morgan fingerprint density at radius 3 is 2.25 bits per heavy atom. The Morgan fingerprint density at radius 1 is 1.12 bits per heavy atom. The lowest BCUT2D eigenvalue weighted by atomic mass is 10.1. The molecule has 88 valence electrons. The summed E-state index contributed by atoms with van der Waals surface area (Å²) >= 11 is 0. The molecule has 0 aliphatic rings. The van der Waals surface area contributed by atoms with E-state index in [1.54, 1.807) is 33.5 Å². The van der Waals surface area contributed by atoms with Gasteiger partial charge in [0.25, 0.3) is 0 Å². The average molecular weight is 224 g/mol. The number of carbonyl (C=O) groups excluding carboxylic acids is 1. The molecule has 0 aliphatic carbocycles. The summed E-state index contributed by atoms with van der Waals surface area (Å²) in [6, 6.07) is 3.51. The molecule has 1 aromatic carbocycles. The van der Waals surface area contributed by atoms with Crippen LogP contribution in [0.25, 0.3) is 0 Å². The summed E-state index contributed by atoms with van der Waals surface area (Å²) < 4.78 is 15.6. The Bertz CT molecular complexity index is 385. The number of carbonyl (C=O) groups is 1. The highest BCUT2D eigenvalue weighted by molar-refractivity contribution is 5.79. The van der Waals surface area contributed by atoms with Crippen LogP contribution in [-0.2, 0) is 11.2 Å². The van der Waals surface area contributed by atoms with Crippen molar-refractivity contribution in [2.75, 3.05) is 21.3 Å². The minimum Gasteiger partial charge on any atom is -0.497 e. The zero-order chi connectivity index (χ0) is 12.1. The van der Waals surface area contributed by atoms with Crippen molar-refractivity contribution in [1.29, 1.82) is 0 Å². The summed E-state index contributed by atoms with van der Waals surface area (Å²) in [5.74, 6) is 1.86. The molecule has 0 N–H and O–H groups in total. The lowest BCUT2D eigenvalue weighted by molar-refractivity contribution is -0.116. The molecular formula is C12H16O4. The van der Waals surface area contributed by atoms with Crippen molar-refractivity contribution in [1.82, 2.24) is 0 Å². The van der Waals surface area contributed by atoms with Crippen LogP contribution in [0.1, 0.15) is 12.5 Å². The first kappa shape index (κ1) is 12.4. The first-order chi connectivity index (χ1) is 7.62. The van der Waals surface area contributed by atoms with E-state index in [1.165, 1.54) is 6.92 Å². The van der Waals surface area contributed by atoms with Crippen LogP contribution in [0.3, 0.4) is 0 Å². The largest absolute Gasteiger partial charge is 0.497 e. The van der Waals surface area contributed by atoms with Crippen molar-refractivity contribution >= 4 is 5.78 Å². The Balaban J connectivity index is 3.25. The minimum atomic E-state index is 0.0635. The Hall–Kier alpha value is -1.71. The van der Waals surface area contributed by atoms with Crippen molar-refractivity contribution < 1.29 is 19.0 Å². The second-order valence-electron chi connectivity index (χ2n) is 3.40. The molecule has 0 amide bonds. The predicted octanol–water partition coefficient (Wildman–Crippen LogP) is 1.84. The molecule has 0 saturated heterocycles. The van der Waals surface area contributed by atoms with Crippen LogP contribution >= 0.6 is 0 Å². The van der Waals surface area contributed by atoms with Crippen LogP contribution in [0.4, 0.5) is 0 Å². The summed E-state index contributed by atoms with van der Waals surface area (Å²) in [5, 5.41) is 0. The van der Waals surface area contributed by atoms with Gasteiger partial charge in [-0.1, -0.05) is 0 Å². The number of benzene rings is 1. The van der Waals surface area contributed by atoms with Gasteiger partial charge in [-0.3, -0.25) is 4.79 Å². The molecule has 1 aromatic rings. The number of ether oxygens (including phenoxy) is 3. The first-order valence-corrected chi connectivity index (χ1v) is 4.90. The molecular weight excluding hydrogens is 208 g/mol. The maximum atomic E-state index is 11.1. The quantitative estimate of drug-likeness (QED) is 0.765. The highest BCUT2D eigenvalue weighted by atomic mass is 16.5. The second kappa shape index (κ2) is 5.39. The van der Waals surface area contributed by atoms with Crippen molar-refractivity contribution in [3.05, 3.63) is 17.7 Å². The molecule has 16 heavy (non-hydrogen) atoms. The molecule has 0 fully saturated rings. The molecule has 4 nitrogen and oxygen atoms in total. The third kappa shape index (κ3) is 2.66. The summed E-state index contributed by atoms with van der Waals surface area (Å²) in [7, 11) is 4.67. The van der Waals surface area contributed by atoms with Gasteiger partial charge >= 0.3 is 0 Å². The summed E-state index contributed by atoms with van der Waals surface area (Å²) in [6.07, 6.45) is 0.302. The minimum absolute atomic E-state index is 0.0635. The third-order valence-electron chi connectivity index (χ3n) is 2.20. The molecule has 1 rings (SSSR count). The molecule has 4 heteroatoms. The molecule has 0 aromatic heterocycles. The number of hydrogen-bond acceptors (Lipinski definition) is 4. The van der Waals surface area contributed by atoms with Crippen LogP contribution in [-0.4, -0.2) is 27.1 Å². The molecule has 0 atom stereocenters. The van der Waals surface area contributed by atoms with Crippen molar-refractivity contribution in [3.63, 3.8) is 0 Å². The highest BCUT2D eigenvalue weighted by Crippen LogP contribution is 2.35. The van der Waals surface area contributed by atoms with Gasteiger partial charge in [-0.15, -0.1) is 0 Å².